The molecule has 5 nitrogen and oxygen atoms in total. The quantitative estimate of drug-likeness (QED) is 0.557. The number of rotatable bonds is 3. The van der Waals surface area contributed by atoms with Crippen molar-refractivity contribution in [3.63, 3.8) is 0 Å². The first-order valence-electron chi connectivity index (χ1n) is 7.66. The van der Waals surface area contributed by atoms with Gasteiger partial charge in [0.2, 0.25) is 0 Å². The number of aryl methyl sites for hydroxylation is 1. The molecule has 2 aromatic heterocycles. The van der Waals surface area contributed by atoms with Crippen LogP contribution in [0.5, 0.6) is 5.75 Å². The summed E-state index contributed by atoms with van der Waals surface area (Å²) in [5.74, 6) is 0.899. The van der Waals surface area contributed by atoms with E-state index in [1.807, 2.05) is 16.8 Å². The molecule has 0 bridgehead atoms. The zero-order valence-electron chi connectivity index (χ0n) is 13.1. The maximum atomic E-state index is 9.38. The number of anilines is 2. The molecule has 0 amide bonds. The van der Waals surface area contributed by atoms with Crippen LogP contribution in [0.3, 0.4) is 0 Å². The minimum absolute atomic E-state index is 0.231. The molecule has 0 radical (unpaired) electrons. The van der Waals surface area contributed by atoms with Crippen molar-refractivity contribution < 1.29 is 5.11 Å². The zero-order chi connectivity index (χ0) is 16.5. The highest BCUT2D eigenvalue weighted by Crippen LogP contribution is 2.25. The van der Waals surface area contributed by atoms with Crippen LogP contribution in [0.4, 0.5) is 11.5 Å². The van der Waals surface area contributed by atoms with Gasteiger partial charge in [0, 0.05) is 23.6 Å². The van der Waals surface area contributed by atoms with E-state index in [9.17, 15) is 5.11 Å². The van der Waals surface area contributed by atoms with Gasteiger partial charge in [0.05, 0.1) is 11.9 Å². The van der Waals surface area contributed by atoms with Crippen LogP contribution < -0.4 is 5.32 Å². The molecule has 0 aliphatic carbocycles. The molecule has 2 aromatic carbocycles. The van der Waals surface area contributed by atoms with E-state index in [2.05, 4.69) is 46.5 Å². The van der Waals surface area contributed by atoms with Crippen LogP contribution in [0, 0.1) is 6.92 Å². The highest BCUT2D eigenvalue weighted by molar-refractivity contribution is 5.74. The van der Waals surface area contributed by atoms with E-state index in [1.54, 1.807) is 30.5 Å². The van der Waals surface area contributed by atoms with Crippen molar-refractivity contribution in [3.8, 4) is 17.0 Å². The zero-order valence-corrected chi connectivity index (χ0v) is 13.1. The Balaban J connectivity index is 1.76. The molecular weight excluding hydrogens is 300 g/mol. The van der Waals surface area contributed by atoms with Crippen LogP contribution in [0.2, 0.25) is 0 Å². The molecule has 0 unspecified atom stereocenters. The fourth-order valence-electron chi connectivity index (χ4n) is 2.63. The third-order valence-corrected chi connectivity index (χ3v) is 3.91. The molecule has 118 valence electrons. The summed E-state index contributed by atoms with van der Waals surface area (Å²) in [5.41, 5.74) is 4.94. The van der Waals surface area contributed by atoms with Crippen molar-refractivity contribution in [2.75, 3.05) is 5.32 Å². The smallest absolute Gasteiger partial charge is 0.180 e. The first kappa shape index (κ1) is 14.3. The average Bonchev–Trinajstić information content (AvgIpc) is 3.03. The Hall–Kier alpha value is -3.34. The van der Waals surface area contributed by atoms with Gasteiger partial charge in [-0.2, -0.15) is 0 Å². The van der Waals surface area contributed by atoms with Crippen molar-refractivity contribution in [2.45, 2.75) is 6.92 Å². The van der Waals surface area contributed by atoms with Gasteiger partial charge in [0.25, 0.3) is 0 Å². The summed E-state index contributed by atoms with van der Waals surface area (Å²) in [6.45, 7) is 2.07. The molecule has 24 heavy (non-hydrogen) atoms. The number of aromatic hydroxyl groups is 1. The van der Waals surface area contributed by atoms with Gasteiger partial charge in [0.1, 0.15) is 5.75 Å². The van der Waals surface area contributed by atoms with Crippen LogP contribution >= 0.6 is 0 Å². The lowest BCUT2D eigenvalue weighted by molar-refractivity contribution is 0.475. The fourth-order valence-corrected chi connectivity index (χ4v) is 2.63. The van der Waals surface area contributed by atoms with E-state index in [1.165, 1.54) is 5.56 Å². The van der Waals surface area contributed by atoms with Crippen LogP contribution in [-0.4, -0.2) is 19.5 Å². The summed E-state index contributed by atoms with van der Waals surface area (Å²) in [5, 5.41) is 12.6. The van der Waals surface area contributed by atoms with Gasteiger partial charge in [-0.15, -0.1) is 0 Å². The minimum Gasteiger partial charge on any atom is -0.508 e. The summed E-state index contributed by atoms with van der Waals surface area (Å²) < 4.78 is 2.01. The largest absolute Gasteiger partial charge is 0.508 e. The Kier molecular flexibility index (Phi) is 3.39. The van der Waals surface area contributed by atoms with Gasteiger partial charge in [-0.05, 0) is 31.2 Å². The minimum atomic E-state index is 0.231. The summed E-state index contributed by atoms with van der Waals surface area (Å²) in [4.78, 5) is 8.91. The number of imidazole rings is 1. The maximum absolute atomic E-state index is 9.38. The van der Waals surface area contributed by atoms with Crippen molar-refractivity contribution >= 4 is 17.2 Å². The fraction of sp³-hybridized carbons (Fsp3) is 0.0526. The second kappa shape index (κ2) is 5.70. The number of phenols is 1. The molecule has 0 saturated carbocycles. The third-order valence-electron chi connectivity index (χ3n) is 3.91. The summed E-state index contributed by atoms with van der Waals surface area (Å²) in [6.07, 6.45) is 5.50. The second-order valence-electron chi connectivity index (χ2n) is 5.65. The molecule has 2 N–H and O–H groups in total. The van der Waals surface area contributed by atoms with Gasteiger partial charge in [-0.25, -0.2) is 9.97 Å². The van der Waals surface area contributed by atoms with E-state index in [0.717, 1.165) is 22.6 Å². The summed E-state index contributed by atoms with van der Waals surface area (Å²) in [6, 6.07) is 15.2. The molecule has 0 spiro atoms. The van der Waals surface area contributed by atoms with E-state index >= 15 is 0 Å². The second-order valence-corrected chi connectivity index (χ2v) is 5.65. The van der Waals surface area contributed by atoms with E-state index in [0.29, 0.717) is 5.82 Å². The molecule has 0 atom stereocenters. The van der Waals surface area contributed by atoms with Crippen LogP contribution in [-0.2, 0) is 0 Å². The van der Waals surface area contributed by atoms with E-state index in [4.69, 9.17) is 0 Å². The molecule has 0 aliphatic rings. The predicted molar refractivity (Wildman–Crippen MR) is 94.5 cm³/mol. The van der Waals surface area contributed by atoms with Gasteiger partial charge >= 0.3 is 0 Å². The van der Waals surface area contributed by atoms with Gasteiger partial charge in [0.15, 0.2) is 11.5 Å². The van der Waals surface area contributed by atoms with E-state index < -0.39 is 0 Å². The Bertz CT molecular complexity index is 988. The van der Waals surface area contributed by atoms with Crippen molar-refractivity contribution in [2.24, 2.45) is 0 Å². The molecule has 0 fully saturated rings. The topological polar surface area (TPSA) is 62.5 Å². The molecular formula is C19H16N4O. The number of nitrogens with one attached hydrogen (secondary N) is 1. The predicted octanol–water partition coefficient (Wildman–Crippen LogP) is 4.15. The first-order chi connectivity index (χ1) is 11.7. The van der Waals surface area contributed by atoms with Crippen molar-refractivity contribution in [1.82, 2.24) is 14.4 Å². The van der Waals surface area contributed by atoms with Crippen LogP contribution in [0.15, 0.2) is 67.1 Å². The molecule has 0 saturated heterocycles. The first-order valence-corrected chi connectivity index (χ1v) is 7.66. The number of aromatic nitrogens is 3. The highest BCUT2D eigenvalue weighted by atomic mass is 16.3. The van der Waals surface area contributed by atoms with E-state index in [-0.39, 0.29) is 5.75 Å². The Morgan fingerprint density at radius 3 is 2.46 bits per heavy atom. The third kappa shape index (κ3) is 2.56. The normalized spacial score (nSPS) is 10.9. The highest BCUT2D eigenvalue weighted by Gasteiger charge is 2.10. The lowest BCUT2D eigenvalue weighted by atomic mass is 10.1. The Morgan fingerprint density at radius 1 is 0.958 bits per heavy atom. The molecule has 2 heterocycles. The number of hydrogen-bond donors (Lipinski definition) is 2. The average molecular weight is 316 g/mol. The van der Waals surface area contributed by atoms with Crippen LogP contribution in [0.25, 0.3) is 16.9 Å². The molecule has 4 rings (SSSR count). The van der Waals surface area contributed by atoms with Gasteiger partial charge < -0.3 is 10.4 Å². The lowest BCUT2D eigenvalue weighted by Crippen LogP contribution is -1.98. The summed E-state index contributed by atoms with van der Waals surface area (Å²) in [7, 11) is 0. The number of nitrogens with zero attached hydrogens (tertiary/aromatic N) is 3. The van der Waals surface area contributed by atoms with Crippen LogP contribution in [0.1, 0.15) is 5.56 Å². The Labute approximate surface area is 139 Å². The molecule has 5 heteroatoms. The van der Waals surface area contributed by atoms with Gasteiger partial charge in [-0.1, -0.05) is 29.8 Å². The van der Waals surface area contributed by atoms with Gasteiger partial charge in [-0.3, -0.25) is 4.40 Å². The van der Waals surface area contributed by atoms with Crippen molar-refractivity contribution in [1.29, 1.82) is 0 Å². The monoisotopic (exact) mass is 316 g/mol. The molecule has 4 aromatic rings. The SMILES string of the molecule is Cc1ccc(-c2cnc3c(Nc4ccc(O)cc4)nccn23)cc1. The number of benzene rings is 2. The standard InChI is InChI=1S/C19H16N4O/c1-13-2-4-14(5-3-13)17-12-21-19-18(20-10-11-23(17)19)22-15-6-8-16(24)9-7-15/h2-12,24H,1H3,(H,20,22). The Morgan fingerprint density at radius 2 is 1.71 bits per heavy atom. The summed E-state index contributed by atoms with van der Waals surface area (Å²) >= 11 is 0. The van der Waals surface area contributed by atoms with Crippen molar-refractivity contribution in [3.05, 3.63) is 72.7 Å². The maximum Gasteiger partial charge on any atom is 0.180 e. The number of hydrogen-bond acceptors (Lipinski definition) is 4. The lowest BCUT2D eigenvalue weighted by Gasteiger charge is -2.08. The number of fused-ring (bicyclic) bond motifs is 1. The molecule has 0 aliphatic heterocycles. The number of phenolic OH excluding ortho intramolecular Hbond substituents is 1.